The summed E-state index contributed by atoms with van der Waals surface area (Å²) in [5.41, 5.74) is 2.20. The number of amides is 1. The first-order chi connectivity index (χ1) is 12.4. The topological polar surface area (TPSA) is 89.0 Å². The Kier molecular flexibility index (Phi) is 5.43. The van der Waals surface area contributed by atoms with Crippen molar-refractivity contribution in [2.75, 3.05) is 11.6 Å². The highest BCUT2D eigenvalue weighted by atomic mass is 32.2. The third-order valence-electron chi connectivity index (χ3n) is 3.53. The highest BCUT2D eigenvalue weighted by molar-refractivity contribution is 7.89. The summed E-state index contributed by atoms with van der Waals surface area (Å²) in [6, 6.07) is 16.4. The van der Waals surface area contributed by atoms with Gasteiger partial charge in [0.2, 0.25) is 5.13 Å². The van der Waals surface area contributed by atoms with E-state index in [1.54, 1.807) is 24.3 Å². The molecule has 1 N–H and O–H groups in total. The minimum atomic E-state index is -3.10. The van der Waals surface area contributed by atoms with Crippen LogP contribution in [0.4, 0.5) is 5.13 Å². The first-order valence-electron chi connectivity index (χ1n) is 7.83. The van der Waals surface area contributed by atoms with Crippen molar-refractivity contribution in [3.8, 4) is 0 Å². The van der Waals surface area contributed by atoms with Gasteiger partial charge >= 0.3 is 0 Å². The molecule has 0 saturated heterocycles. The van der Waals surface area contributed by atoms with Crippen molar-refractivity contribution in [1.29, 1.82) is 0 Å². The molecule has 3 rings (SSSR count). The summed E-state index contributed by atoms with van der Waals surface area (Å²) >= 11 is 1.33. The van der Waals surface area contributed by atoms with Gasteiger partial charge < -0.3 is 0 Å². The predicted octanol–water partition coefficient (Wildman–Crippen LogP) is 2.93. The lowest BCUT2D eigenvalue weighted by atomic mass is 10.1. The Morgan fingerprint density at radius 2 is 1.69 bits per heavy atom. The van der Waals surface area contributed by atoms with E-state index in [-0.39, 0.29) is 11.7 Å². The molecule has 8 heteroatoms. The van der Waals surface area contributed by atoms with Gasteiger partial charge in [0.05, 0.1) is 5.75 Å². The molecule has 0 unspecified atom stereocenters. The molecule has 1 heterocycles. The van der Waals surface area contributed by atoms with E-state index in [1.165, 1.54) is 17.6 Å². The number of anilines is 1. The van der Waals surface area contributed by atoms with Crippen molar-refractivity contribution >= 4 is 32.2 Å². The fraction of sp³-hybridized carbons (Fsp3) is 0.167. The number of benzene rings is 2. The van der Waals surface area contributed by atoms with Gasteiger partial charge in [0, 0.05) is 18.2 Å². The summed E-state index contributed by atoms with van der Waals surface area (Å²) < 4.78 is 22.6. The normalized spacial score (nSPS) is 11.3. The second-order valence-electron chi connectivity index (χ2n) is 5.88. The lowest BCUT2D eigenvalue weighted by Gasteiger charge is -2.03. The maximum Gasteiger partial charge on any atom is 0.257 e. The molecule has 0 spiro atoms. The molecule has 1 aromatic heterocycles. The van der Waals surface area contributed by atoms with E-state index in [0.29, 0.717) is 22.7 Å². The molecule has 1 amide bonds. The van der Waals surface area contributed by atoms with Gasteiger partial charge in [-0.15, -0.1) is 10.2 Å². The summed E-state index contributed by atoms with van der Waals surface area (Å²) in [6.07, 6.45) is 1.84. The van der Waals surface area contributed by atoms with Crippen molar-refractivity contribution in [2.45, 2.75) is 12.2 Å². The largest absolute Gasteiger partial charge is 0.296 e. The third kappa shape index (κ3) is 5.21. The summed E-state index contributed by atoms with van der Waals surface area (Å²) in [7, 11) is -3.10. The quantitative estimate of drug-likeness (QED) is 0.702. The number of aromatic nitrogens is 2. The van der Waals surface area contributed by atoms with Crippen LogP contribution in [0.5, 0.6) is 0 Å². The minimum absolute atomic E-state index is 0.0475. The molecule has 0 fully saturated rings. The zero-order valence-electron chi connectivity index (χ0n) is 14.0. The molecule has 0 radical (unpaired) electrons. The Labute approximate surface area is 155 Å². The number of hydrogen-bond acceptors (Lipinski definition) is 6. The van der Waals surface area contributed by atoms with Crippen LogP contribution < -0.4 is 5.32 Å². The summed E-state index contributed by atoms with van der Waals surface area (Å²) in [5.74, 6) is -0.355. The SMILES string of the molecule is CS(=O)(=O)Cc1ccc(C(=O)Nc2nnc(Cc3ccccc3)s2)cc1. The van der Waals surface area contributed by atoms with Crippen LogP contribution >= 0.6 is 11.3 Å². The van der Waals surface area contributed by atoms with Gasteiger partial charge in [-0.3, -0.25) is 10.1 Å². The Bertz CT molecular complexity index is 998. The molecule has 0 bridgehead atoms. The average Bonchev–Trinajstić information content (AvgIpc) is 3.02. The molecule has 0 aliphatic heterocycles. The minimum Gasteiger partial charge on any atom is -0.296 e. The number of nitrogens with one attached hydrogen (secondary N) is 1. The van der Waals surface area contributed by atoms with Crippen LogP contribution in [-0.2, 0) is 22.0 Å². The molecule has 0 aliphatic carbocycles. The Hall–Kier alpha value is -2.58. The van der Waals surface area contributed by atoms with E-state index in [4.69, 9.17) is 0 Å². The lowest BCUT2D eigenvalue weighted by molar-refractivity contribution is 0.102. The smallest absolute Gasteiger partial charge is 0.257 e. The highest BCUT2D eigenvalue weighted by Crippen LogP contribution is 2.19. The number of carbonyl (C=O) groups is 1. The van der Waals surface area contributed by atoms with Crippen molar-refractivity contribution in [2.24, 2.45) is 0 Å². The van der Waals surface area contributed by atoms with Crippen LogP contribution in [0, 0.1) is 0 Å². The molecule has 26 heavy (non-hydrogen) atoms. The van der Waals surface area contributed by atoms with Gasteiger partial charge in [-0.25, -0.2) is 8.42 Å². The molecular weight excluding hydrogens is 370 g/mol. The number of sulfone groups is 1. The Balaban J connectivity index is 1.63. The van der Waals surface area contributed by atoms with Gasteiger partial charge in [0.25, 0.3) is 5.91 Å². The second-order valence-corrected chi connectivity index (χ2v) is 9.09. The van der Waals surface area contributed by atoms with Crippen molar-refractivity contribution in [3.63, 3.8) is 0 Å². The molecule has 0 aliphatic rings. The van der Waals surface area contributed by atoms with E-state index in [2.05, 4.69) is 15.5 Å². The Morgan fingerprint density at radius 1 is 1.00 bits per heavy atom. The first kappa shape index (κ1) is 18.2. The standard InChI is InChI=1S/C18H17N3O3S2/c1-26(23,24)12-14-7-9-15(10-8-14)17(22)19-18-21-20-16(25-18)11-13-5-3-2-4-6-13/h2-10H,11-12H2,1H3,(H,19,21,22). The van der Waals surface area contributed by atoms with Crippen molar-refractivity contribution in [1.82, 2.24) is 10.2 Å². The molecule has 6 nitrogen and oxygen atoms in total. The lowest BCUT2D eigenvalue weighted by Crippen LogP contribution is -2.11. The highest BCUT2D eigenvalue weighted by Gasteiger charge is 2.11. The van der Waals surface area contributed by atoms with Crippen LogP contribution in [0.15, 0.2) is 54.6 Å². The zero-order chi connectivity index (χ0) is 18.6. The monoisotopic (exact) mass is 387 g/mol. The number of hydrogen-bond donors (Lipinski definition) is 1. The summed E-state index contributed by atoms with van der Waals surface area (Å²) in [6.45, 7) is 0. The molecule has 134 valence electrons. The van der Waals surface area contributed by atoms with Crippen LogP contribution in [-0.4, -0.2) is 30.8 Å². The van der Waals surface area contributed by atoms with E-state index < -0.39 is 9.84 Å². The number of carbonyl (C=O) groups excluding carboxylic acids is 1. The molecule has 2 aromatic carbocycles. The van der Waals surface area contributed by atoms with Crippen molar-refractivity contribution < 1.29 is 13.2 Å². The molecular formula is C18H17N3O3S2. The summed E-state index contributed by atoms with van der Waals surface area (Å²) in [4.78, 5) is 12.3. The maximum absolute atomic E-state index is 12.3. The van der Waals surface area contributed by atoms with Gasteiger partial charge in [-0.05, 0) is 23.3 Å². The number of rotatable bonds is 6. The van der Waals surface area contributed by atoms with E-state index in [1.807, 2.05) is 30.3 Å². The maximum atomic E-state index is 12.3. The second kappa shape index (κ2) is 7.76. The summed E-state index contributed by atoms with van der Waals surface area (Å²) in [5, 5.41) is 12.1. The first-order valence-corrected chi connectivity index (χ1v) is 10.7. The van der Waals surface area contributed by atoms with Crippen LogP contribution in [0.3, 0.4) is 0 Å². The van der Waals surface area contributed by atoms with Gasteiger partial charge in [-0.2, -0.15) is 0 Å². The molecule has 0 saturated carbocycles. The zero-order valence-corrected chi connectivity index (χ0v) is 15.7. The fourth-order valence-corrected chi connectivity index (χ4v) is 3.94. The van der Waals surface area contributed by atoms with Crippen molar-refractivity contribution in [3.05, 3.63) is 76.3 Å². The van der Waals surface area contributed by atoms with Gasteiger partial charge in [0.15, 0.2) is 9.84 Å². The average molecular weight is 387 g/mol. The van der Waals surface area contributed by atoms with E-state index in [9.17, 15) is 13.2 Å². The third-order valence-corrected chi connectivity index (χ3v) is 5.23. The number of nitrogens with zero attached hydrogens (tertiary/aromatic N) is 2. The Morgan fingerprint density at radius 3 is 2.35 bits per heavy atom. The van der Waals surface area contributed by atoms with Gasteiger partial charge in [0.1, 0.15) is 5.01 Å². The van der Waals surface area contributed by atoms with Crippen LogP contribution in [0.2, 0.25) is 0 Å². The fourth-order valence-electron chi connectivity index (χ4n) is 2.37. The van der Waals surface area contributed by atoms with E-state index >= 15 is 0 Å². The molecule has 3 aromatic rings. The molecule has 0 atom stereocenters. The van der Waals surface area contributed by atoms with Crippen LogP contribution in [0.1, 0.15) is 26.5 Å². The van der Waals surface area contributed by atoms with E-state index in [0.717, 1.165) is 10.6 Å². The predicted molar refractivity (Wildman–Crippen MR) is 102 cm³/mol. The van der Waals surface area contributed by atoms with Crippen LogP contribution in [0.25, 0.3) is 0 Å². The van der Waals surface area contributed by atoms with Gasteiger partial charge in [-0.1, -0.05) is 53.8 Å².